The molecule has 0 aliphatic heterocycles. The van der Waals surface area contributed by atoms with Crippen molar-refractivity contribution < 1.29 is 43.2 Å². The molecule has 0 radical (unpaired) electrons. The van der Waals surface area contributed by atoms with Crippen LogP contribution in [0.15, 0.2) is 0 Å². The van der Waals surface area contributed by atoms with Gasteiger partial charge in [0.15, 0.2) is 0 Å². The summed E-state index contributed by atoms with van der Waals surface area (Å²) in [6.45, 7) is -0.504. The largest absolute Gasteiger partial charge is 1.00 e. The Balaban J connectivity index is 0. The summed E-state index contributed by atoms with van der Waals surface area (Å²) in [5.41, 5.74) is 0. The minimum Gasteiger partial charge on any atom is -0.772 e. The Morgan fingerprint density at radius 1 is 1.56 bits per heavy atom. The van der Waals surface area contributed by atoms with E-state index >= 15 is 0 Å². The minimum absolute atomic E-state index is 0. The van der Waals surface area contributed by atoms with Gasteiger partial charge in [-0.1, -0.05) is 0 Å². The predicted molar refractivity (Wildman–Crippen MR) is 25.6 cm³/mol. The normalized spacial score (nSPS) is 11.7. The molecular formula is C2H4NNaO4S. The van der Waals surface area contributed by atoms with Crippen LogP contribution in [0.1, 0.15) is 0 Å². The molecule has 0 aromatic carbocycles. The molecular weight excluding hydrogens is 157 g/mol. The van der Waals surface area contributed by atoms with E-state index in [1.165, 1.54) is 0 Å². The van der Waals surface area contributed by atoms with Gasteiger partial charge in [-0.05, 0) is 11.1 Å². The molecule has 0 rings (SSSR count). The van der Waals surface area contributed by atoms with E-state index in [0.29, 0.717) is 0 Å². The van der Waals surface area contributed by atoms with Crippen molar-refractivity contribution in [1.29, 1.82) is 0 Å². The van der Waals surface area contributed by atoms with E-state index < -0.39 is 28.3 Å². The molecule has 0 amide bonds. The van der Waals surface area contributed by atoms with Crippen LogP contribution in [0.3, 0.4) is 0 Å². The number of hydrogen-bond acceptors (Lipinski definition) is 4. The molecule has 0 aliphatic rings. The van der Waals surface area contributed by atoms with Crippen molar-refractivity contribution in [3.05, 3.63) is 10.1 Å². The fourth-order valence-electron chi connectivity index (χ4n) is 0.149. The second-order valence-electron chi connectivity index (χ2n) is 1.06. The van der Waals surface area contributed by atoms with Crippen molar-refractivity contribution >= 4 is 11.1 Å². The van der Waals surface area contributed by atoms with Crippen molar-refractivity contribution in [2.45, 2.75) is 0 Å². The Bertz CT molecular complexity index is 103. The smallest absolute Gasteiger partial charge is 0.772 e. The number of nitrogens with zero attached hydrogens (tertiary/aromatic N) is 1. The summed E-state index contributed by atoms with van der Waals surface area (Å²) in [6, 6.07) is 0. The van der Waals surface area contributed by atoms with Gasteiger partial charge < -0.3 is 4.55 Å². The summed E-state index contributed by atoms with van der Waals surface area (Å²) in [5.74, 6) is -0.396. The van der Waals surface area contributed by atoms with E-state index in [1.807, 2.05) is 0 Å². The molecule has 48 valence electrons. The molecule has 0 saturated carbocycles. The van der Waals surface area contributed by atoms with Gasteiger partial charge in [-0.15, -0.1) is 0 Å². The van der Waals surface area contributed by atoms with E-state index in [0.717, 1.165) is 0 Å². The number of rotatable bonds is 3. The van der Waals surface area contributed by atoms with Crippen LogP contribution in [-0.2, 0) is 11.1 Å². The van der Waals surface area contributed by atoms with Crippen LogP contribution in [0.5, 0.6) is 0 Å². The third-order valence-electron chi connectivity index (χ3n) is 0.441. The topological polar surface area (TPSA) is 83.3 Å². The fourth-order valence-corrected chi connectivity index (χ4v) is 0.447. The molecule has 0 N–H and O–H groups in total. The Labute approximate surface area is 76.5 Å². The molecule has 7 heteroatoms. The zero-order valence-electron chi connectivity index (χ0n) is 4.90. The summed E-state index contributed by atoms with van der Waals surface area (Å²) < 4.78 is 19.2. The van der Waals surface area contributed by atoms with E-state index in [1.54, 1.807) is 0 Å². The summed E-state index contributed by atoms with van der Waals surface area (Å²) in [6.07, 6.45) is 0. The zero-order valence-corrected chi connectivity index (χ0v) is 7.72. The Hall–Kier alpha value is 0.510. The fraction of sp³-hybridized carbons (Fsp3) is 1.00. The average molecular weight is 161 g/mol. The maximum absolute atomic E-state index is 9.60. The third kappa shape index (κ3) is 11.9. The van der Waals surface area contributed by atoms with Gasteiger partial charge in [0.05, 0.1) is 5.75 Å². The zero-order chi connectivity index (χ0) is 6.57. The van der Waals surface area contributed by atoms with Crippen LogP contribution in [0, 0.1) is 10.1 Å². The standard InChI is InChI=1S/C2H5NO4S.Na/c4-3(5)1-2-8(6)7;/h1-2H2,(H,6,7);/q;+1/p-1. The Morgan fingerprint density at radius 2 is 2.00 bits per heavy atom. The van der Waals surface area contributed by atoms with E-state index in [-0.39, 0.29) is 29.6 Å². The first-order valence-electron chi connectivity index (χ1n) is 1.80. The van der Waals surface area contributed by atoms with Gasteiger partial charge in [0.25, 0.3) is 0 Å². The second kappa shape index (κ2) is 6.63. The summed E-state index contributed by atoms with van der Waals surface area (Å²) in [4.78, 5) is 8.77. The predicted octanol–water partition coefficient (Wildman–Crippen LogP) is -3.85. The molecule has 0 aromatic rings. The maximum Gasteiger partial charge on any atom is 1.00 e. The molecule has 0 heterocycles. The maximum atomic E-state index is 9.60. The number of hydrogen-bond donors (Lipinski definition) is 0. The first-order chi connectivity index (χ1) is 3.63. The van der Waals surface area contributed by atoms with Crippen LogP contribution in [-0.4, -0.2) is 26.0 Å². The molecule has 1 unspecified atom stereocenters. The van der Waals surface area contributed by atoms with Crippen LogP contribution >= 0.6 is 0 Å². The van der Waals surface area contributed by atoms with Crippen molar-refractivity contribution in [1.82, 2.24) is 0 Å². The van der Waals surface area contributed by atoms with Gasteiger partial charge >= 0.3 is 29.6 Å². The van der Waals surface area contributed by atoms with Crippen LogP contribution in [0.4, 0.5) is 0 Å². The second-order valence-corrected chi connectivity index (χ2v) is 2.08. The first kappa shape index (κ1) is 12.2. The molecule has 0 fully saturated rings. The quantitative estimate of drug-likeness (QED) is 0.183. The average Bonchev–Trinajstić information content (AvgIpc) is 1.61. The molecule has 0 aliphatic carbocycles. The van der Waals surface area contributed by atoms with Crippen LogP contribution in [0.2, 0.25) is 0 Å². The van der Waals surface area contributed by atoms with Gasteiger partial charge in [0, 0.05) is 4.92 Å². The van der Waals surface area contributed by atoms with Crippen molar-refractivity contribution in [2.75, 3.05) is 12.3 Å². The van der Waals surface area contributed by atoms with Gasteiger partial charge in [-0.3, -0.25) is 14.3 Å². The molecule has 9 heavy (non-hydrogen) atoms. The van der Waals surface area contributed by atoms with Gasteiger partial charge in [0.1, 0.15) is 0 Å². The Kier molecular flexibility index (Phi) is 8.99. The third-order valence-corrected chi connectivity index (χ3v) is 0.956. The van der Waals surface area contributed by atoms with E-state index in [9.17, 15) is 18.9 Å². The first-order valence-corrected chi connectivity index (χ1v) is 3.05. The van der Waals surface area contributed by atoms with Gasteiger partial charge in [-0.25, -0.2) is 0 Å². The Morgan fingerprint density at radius 3 is 2.11 bits per heavy atom. The minimum atomic E-state index is -2.28. The van der Waals surface area contributed by atoms with Gasteiger partial charge in [0.2, 0.25) is 6.54 Å². The van der Waals surface area contributed by atoms with E-state index in [2.05, 4.69) is 0 Å². The summed E-state index contributed by atoms with van der Waals surface area (Å²) in [5, 5.41) is 9.44. The molecule has 0 saturated heterocycles. The molecule has 0 bridgehead atoms. The van der Waals surface area contributed by atoms with Crippen molar-refractivity contribution in [3.63, 3.8) is 0 Å². The van der Waals surface area contributed by atoms with Crippen molar-refractivity contribution in [3.8, 4) is 0 Å². The van der Waals surface area contributed by atoms with Gasteiger partial charge in [-0.2, -0.15) is 0 Å². The number of nitro groups is 1. The monoisotopic (exact) mass is 161 g/mol. The van der Waals surface area contributed by atoms with Crippen molar-refractivity contribution in [2.24, 2.45) is 0 Å². The van der Waals surface area contributed by atoms with Crippen LogP contribution < -0.4 is 29.6 Å². The SMILES string of the molecule is O=[N+]([O-])CCS(=O)[O-].[Na+]. The summed E-state index contributed by atoms with van der Waals surface area (Å²) >= 11 is -2.28. The van der Waals surface area contributed by atoms with E-state index in [4.69, 9.17) is 0 Å². The summed E-state index contributed by atoms with van der Waals surface area (Å²) in [7, 11) is 0. The molecule has 5 nitrogen and oxygen atoms in total. The van der Waals surface area contributed by atoms with Crippen LogP contribution in [0.25, 0.3) is 0 Å². The molecule has 0 spiro atoms. The molecule has 1 atom stereocenters. The molecule has 0 aromatic heterocycles.